The van der Waals surface area contributed by atoms with Crippen molar-refractivity contribution in [3.05, 3.63) is 28.8 Å². The van der Waals surface area contributed by atoms with E-state index < -0.39 is 18.1 Å². The minimum atomic E-state index is -4.48. The standard InChI is InChI=1S/C19H21F3N2O5/c1-3-27-18(25)17-10(2)15-14(29-17)6-13(19(20,21)22)12-8-24(23-16(12)15)7-11-9-26-4-5-28-11/h8,11,13H,3-7,9H2,1-2H3. The molecule has 1 fully saturated rings. The van der Waals surface area contributed by atoms with Gasteiger partial charge in [0.1, 0.15) is 11.9 Å². The van der Waals surface area contributed by atoms with Crippen LogP contribution < -0.4 is 0 Å². The molecular formula is C19H21F3N2O5. The van der Waals surface area contributed by atoms with Gasteiger partial charge in [0.05, 0.1) is 44.6 Å². The highest BCUT2D eigenvalue weighted by atomic mass is 19.4. The third-order valence-electron chi connectivity index (χ3n) is 5.14. The first-order valence-electron chi connectivity index (χ1n) is 9.42. The largest absolute Gasteiger partial charge is 0.460 e. The summed E-state index contributed by atoms with van der Waals surface area (Å²) in [6, 6.07) is 0. The number of esters is 1. The molecule has 0 aromatic carbocycles. The van der Waals surface area contributed by atoms with Crippen molar-refractivity contribution in [2.45, 2.75) is 45.0 Å². The van der Waals surface area contributed by atoms with Gasteiger partial charge in [-0.1, -0.05) is 0 Å². The summed E-state index contributed by atoms with van der Waals surface area (Å²) in [7, 11) is 0. The number of halogens is 3. The van der Waals surface area contributed by atoms with Crippen LogP contribution >= 0.6 is 0 Å². The fraction of sp³-hybridized carbons (Fsp3) is 0.579. The van der Waals surface area contributed by atoms with E-state index in [-0.39, 0.29) is 48.5 Å². The van der Waals surface area contributed by atoms with Crippen LogP contribution in [0.5, 0.6) is 0 Å². The SMILES string of the molecule is CCOC(=O)c1oc2c(c1C)-c1nn(CC3COCCO3)cc1C(C(F)(F)F)C2. The first-order valence-corrected chi connectivity index (χ1v) is 9.42. The van der Waals surface area contributed by atoms with Gasteiger partial charge in [0.2, 0.25) is 5.76 Å². The molecule has 1 aliphatic carbocycles. The number of hydrogen-bond donors (Lipinski definition) is 0. The Bertz CT molecular complexity index is 912. The number of rotatable bonds is 4. The van der Waals surface area contributed by atoms with Gasteiger partial charge in [0.15, 0.2) is 0 Å². The molecule has 0 bridgehead atoms. The molecule has 7 nitrogen and oxygen atoms in total. The van der Waals surface area contributed by atoms with Gasteiger partial charge in [-0.3, -0.25) is 4.68 Å². The summed E-state index contributed by atoms with van der Waals surface area (Å²) in [5.74, 6) is -2.44. The summed E-state index contributed by atoms with van der Waals surface area (Å²) in [4.78, 5) is 12.1. The maximum atomic E-state index is 13.8. The quantitative estimate of drug-likeness (QED) is 0.715. The lowest BCUT2D eigenvalue weighted by Crippen LogP contribution is -2.32. The first-order chi connectivity index (χ1) is 13.8. The Labute approximate surface area is 164 Å². The number of carbonyl (C=O) groups is 1. The van der Waals surface area contributed by atoms with Gasteiger partial charge in [0, 0.05) is 29.3 Å². The Balaban J connectivity index is 1.75. The molecule has 158 valence electrons. The Morgan fingerprint density at radius 1 is 1.38 bits per heavy atom. The maximum Gasteiger partial charge on any atom is 0.396 e. The topological polar surface area (TPSA) is 75.7 Å². The molecule has 2 atom stereocenters. The molecule has 0 spiro atoms. The summed E-state index contributed by atoms with van der Waals surface area (Å²) >= 11 is 0. The molecule has 10 heteroatoms. The van der Waals surface area contributed by atoms with Gasteiger partial charge < -0.3 is 18.6 Å². The second kappa shape index (κ2) is 7.49. The zero-order chi connectivity index (χ0) is 20.8. The molecule has 0 amide bonds. The lowest BCUT2D eigenvalue weighted by Gasteiger charge is -2.23. The van der Waals surface area contributed by atoms with Crippen molar-refractivity contribution >= 4 is 5.97 Å². The highest BCUT2D eigenvalue weighted by Crippen LogP contribution is 2.48. The molecule has 2 aromatic heterocycles. The molecule has 29 heavy (non-hydrogen) atoms. The third kappa shape index (κ3) is 3.66. The van der Waals surface area contributed by atoms with E-state index >= 15 is 0 Å². The van der Waals surface area contributed by atoms with E-state index in [1.807, 2.05) is 0 Å². The Kier molecular flexibility index (Phi) is 5.16. The van der Waals surface area contributed by atoms with Crippen LogP contribution in [0.4, 0.5) is 13.2 Å². The van der Waals surface area contributed by atoms with E-state index in [9.17, 15) is 18.0 Å². The van der Waals surface area contributed by atoms with E-state index in [1.54, 1.807) is 13.8 Å². The van der Waals surface area contributed by atoms with Crippen LogP contribution in [-0.2, 0) is 27.2 Å². The lowest BCUT2D eigenvalue weighted by molar-refractivity contribution is -0.151. The van der Waals surface area contributed by atoms with E-state index in [0.717, 1.165) is 0 Å². The molecule has 1 aliphatic heterocycles. The molecule has 2 aromatic rings. The number of furan rings is 1. The Morgan fingerprint density at radius 3 is 2.83 bits per heavy atom. The zero-order valence-corrected chi connectivity index (χ0v) is 16.0. The predicted molar refractivity (Wildman–Crippen MR) is 93.7 cm³/mol. The molecule has 3 heterocycles. The second-order valence-corrected chi connectivity index (χ2v) is 7.10. The van der Waals surface area contributed by atoms with Crippen molar-refractivity contribution in [3.8, 4) is 11.3 Å². The molecule has 2 aliphatic rings. The first kappa shape index (κ1) is 20.0. The third-order valence-corrected chi connectivity index (χ3v) is 5.14. The Hall–Kier alpha value is -2.33. The summed E-state index contributed by atoms with van der Waals surface area (Å²) in [5.41, 5.74) is 1.12. The minimum Gasteiger partial charge on any atom is -0.460 e. The average molecular weight is 414 g/mol. The van der Waals surface area contributed by atoms with Crippen molar-refractivity contribution in [2.24, 2.45) is 0 Å². The maximum absolute atomic E-state index is 13.8. The van der Waals surface area contributed by atoms with E-state index in [0.29, 0.717) is 30.9 Å². The van der Waals surface area contributed by atoms with Crippen LogP contribution in [0, 0.1) is 6.92 Å². The van der Waals surface area contributed by atoms with E-state index in [4.69, 9.17) is 18.6 Å². The molecule has 0 radical (unpaired) electrons. The number of fused-ring (bicyclic) bond motifs is 3. The van der Waals surface area contributed by atoms with Gasteiger partial charge in [-0.2, -0.15) is 18.3 Å². The summed E-state index contributed by atoms with van der Waals surface area (Å²) in [5, 5.41) is 4.40. The van der Waals surface area contributed by atoms with Crippen LogP contribution in [0.2, 0.25) is 0 Å². The fourth-order valence-electron chi connectivity index (χ4n) is 3.84. The zero-order valence-electron chi connectivity index (χ0n) is 16.0. The fourth-order valence-corrected chi connectivity index (χ4v) is 3.84. The minimum absolute atomic E-state index is 0.0704. The van der Waals surface area contributed by atoms with Gasteiger partial charge in [0.25, 0.3) is 0 Å². The smallest absolute Gasteiger partial charge is 0.396 e. The summed E-state index contributed by atoms with van der Waals surface area (Å²) in [6.07, 6.45) is -3.74. The summed E-state index contributed by atoms with van der Waals surface area (Å²) < 4.78 is 64.1. The number of carbonyl (C=O) groups excluding carboxylic acids is 1. The van der Waals surface area contributed by atoms with Crippen molar-refractivity contribution in [3.63, 3.8) is 0 Å². The molecule has 0 saturated carbocycles. The number of alkyl halides is 3. The van der Waals surface area contributed by atoms with Crippen LogP contribution in [0.1, 0.15) is 40.3 Å². The number of aromatic nitrogens is 2. The molecule has 1 saturated heterocycles. The summed E-state index contributed by atoms with van der Waals surface area (Å²) in [6.45, 7) is 4.97. The van der Waals surface area contributed by atoms with Gasteiger partial charge >= 0.3 is 12.1 Å². The van der Waals surface area contributed by atoms with E-state index in [2.05, 4.69) is 5.10 Å². The average Bonchev–Trinajstić information content (AvgIpc) is 3.22. The van der Waals surface area contributed by atoms with Gasteiger partial charge in [-0.15, -0.1) is 0 Å². The highest BCUT2D eigenvalue weighted by molar-refractivity contribution is 5.91. The van der Waals surface area contributed by atoms with E-state index in [1.165, 1.54) is 10.9 Å². The van der Waals surface area contributed by atoms with Gasteiger partial charge in [-0.05, 0) is 13.8 Å². The van der Waals surface area contributed by atoms with Crippen molar-refractivity contribution < 1.29 is 36.6 Å². The lowest BCUT2D eigenvalue weighted by atomic mass is 9.84. The van der Waals surface area contributed by atoms with Crippen LogP contribution in [0.3, 0.4) is 0 Å². The van der Waals surface area contributed by atoms with Crippen LogP contribution in [-0.4, -0.2) is 54.5 Å². The monoisotopic (exact) mass is 414 g/mol. The Morgan fingerprint density at radius 2 is 2.17 bits per heavy atom. The second-order valence-electron chi connectivity index (χ2n) is 7.10. The molecular weight excluding hydrogens is 393 g/mol. The van der Waals surface area contributed by atoms with Crippen molar-refractivity contribution in [1.29, 1.82) is 0 Å². The van der Waals surface area contributed by atoms with Crippen molar-refractivity contribution in [2.75, 3.05) is 26.4 Å². The van der Waals surface area contributed by atoms with Crippen LogP contribution in [0.15, 0.2) is 10.6 Å². The highest BCUT2D eigenvalue weighted by Gasteiger charge is 2.48. The van der Waals surface area contributed by atoms with Crippen molar-refractivity contribution in [1.82, 2.24) is 9.78 Å². The van der Waals surface area contributed by atoms with Gasteiger partial charge in [-0.25, -0.2) is 4.79 Å². The number of ether oxygens (including phenoxy) is 3. The van der Waals surface area contributed by atoms with Crippen LogP contribution in [0.25, 0.3) is 11.3 Å². The predicted octanol–water partition coefficient (Wildman–Crippen LogP) is 3.25. The molecule has 0 N–H and O–H groups in total. The number of nitrogens with zero attached hydrogens (tertiary/aromatic N) is 2. The number of hydrogen-bond acceptors (Lipinski definition) is 6. The molecule has 4 rings (SSSR count). The normalized spacial score (nSPS) is 21.6. The molecule has 2 unspecified atom stereocenters.